The van der Waals surface area contributed by atoms with Gasteiger partial charge >= 0.3 is 0 Å². The van der Waals surface area contributed by atoms with Gasteiger partial charge in [-0.2, -0.15) is 0 Å². The lowest BCUT2D eigenvalue weighted by Crippen LogP contribution is -2.39. The minimum atomic E-state index is -0.325. The topological polar surface area (TPSA) is 37.4 Å². The van der Waals surface area contributed by atoms with Crippen LogP contribution in [0.25, 0.3) is 0 Å². The second-order valence-electron chi connectivity index (χ2n) is 5.60. The molecule has 4 rings (SSSR count). The average Bonchev–Trinajstić information content (AvgIpc) is 2.89. The van der Waals surface area contributed by atoms with Crippen LogP contribution >= 0.6 is 11.8 Å². The fraction of sp³-hybridized carbons (Fsp3) is 0.222. The fourth-order valence-corrected chi connectivity index (χ4v) is 4.50. The highest BCUT2D eigenvalue weighted by Crippen LogP contribution is 2.47. The van der Waals surface area contributed by atoms with Crippen LogP contribution in [0.2, 0.25) is 0 Å². The summed E-state index contributed by atoms with van der Waals surface area (Å²) < 4.78 is 0. The van der Waals surface area contributed by atoms with Crippen molar-refractivity contribution in [2.24, 2.45) is 0 Å². The third-order valence-electron chi connectivity index (χ3n) is 4.27. The number of carbonyl (C=O) groups excluding carboxylic acids is 2. The van der Waals surface area contributed by atoms with E-state index < -0.39 is 0 Å². The summed E-state index contributed by atoms with van der Waals surface area (Å²) in [6.07, 6.45) is 1.08. The first-order valence-electron chi connectivity index (χ1n) is 7.42. The van der Waals surface area contributed by atoms with E-state index in [2.05, 4.69) is 0 Å². The van der Waals surface area contributed by atoms with Crippen molar-refractivity contribution in [1.82, 2.24) is 0 Å². The first-order chi connectivity index (χ1) is 10.8. The van der Waals surface area contributed by atoms with Gasteiger partial charge in [0.15, 0.2) is 5.78 Å². The molecule has 3 nitrogen and oxygen atoms in total. The Morgan fingerprint density at radius 2 is 1.68 bits per heavy atom. The van der Waals surface area contributed by atoms with Crippen molar-refractivity contribution >= 4 is 29.1 Å². The predicted molar refractivity (Wildman–Crippen MR) is 87.0 cm³/mol. The van der Waals surface area contributed by atoms with Crippen molar-refractivity contribution in [3.63, 3.8) is 0 Å². The number of anilines is 1. The highest BCUT2D eigenvalue weighted by atomic mass is 32.2. The molecule has 0 aliphatic carbocycles. The molecule has 0 radical (unpaired) electrons. The van der Waals surface area contributed by atoms with Crippen molar-refractivity contribution in [3.05, 3.63) is 60.2 Å². The van der Waals surface area contributed by atoms with Crippen LogP contribution in [0.5, 0.6) is 0 Å². The van der Waals surface area contributed by atoms with Crippen LogP contribution in [-0.4, -0.2) is 17.7 Å². The van der Waals surface area contributed by atoms with E-state index in [1.165, 1.54) is 0 Å². The minimum absolute atomic E-state index is 0.0557. The van der Waals surface area contributed by atoms with Gasteiger partial charge in [-0.3, -0.25) is 9.59 Å². The van der Waals surface area contributed by atoms with E-state index in [9.17, 15) is 9.59 Å². The van der Waals surface area contributed by atoms with Crippen LogP contribution in [0, 0.1) is 0 Å². The zero-order chi connectivity index (χ0) is 15.1. The Hall–Kier alpha value is -2.07. The second-order valence-corrected chi connectivity index (χ2v) is 6.74. The van der Waals surface area contributed by atoms with Gasteiger partial charge in [0.05, 0.1) is 17.0 Å². The third kappa shape index (κ3) is 2.06. The molecule has 110 valence electrons. The monoisotopic (exact) mass is 309 g/mol. The first-order valence-corrected chi connectivity index (χ1v) is 8.30. The zero-order valence-electron chi connectivity index (χ0n) is 11.9. The summed E-state index contributed by atoms with van der Waals surface area (Å²) in [4.78, 5) is 28.0. The van der Waals surface area contributed by atoms with Crippen molar-refractivity contribution in [2.45, 2.75) is 29.0 Å². The zero-order valence-corrected chi connectivity index (χ0v) is 12.8. The van der Waals surface area contributed by atoms with Crippen LogP contribution in [0.4, 0.5) is 5.69 Å². The van der Waals surface area contributed by atoms with Crippen LogP contribution in [0.3, 0.4) is 0 Å². The largest absolute Gasteiger partial charge is 0.301 e. The number of nitrogens with zero attached hydrogens (tertiary/aromatic N) is 1. The second kappa shape index (κ2) is 5.29. The van der Waals surface area contributed by atoms with Gasteiger partial charge < -0.3 is 4.90 Å². The van der Waals surface area contributed by atoms with E-state index in [4.69, 9.17) is 0 Å². The van der Waals surface area contributed by atoms with Crippen LogP contribution in [0.15, 0.2) is 59.5 Å². The molecule has 1 fully saturated rings. The van der Waals surface area contributed by atoms with Crippen molar-refractivity contribution in [3.8, 4) is 0 Å². The molecule has 2 aliphatic heterocycles. The van der Waals surface area contributed by atoms with Crippen LogP contribution in [-0.2, 0) is 9.59 Å². The van der Waals surface area contributed by atoms with Gasteiger partial charge in [0.2, 0.25) is 5.91 Å². The highest BCUT2D eigenvalue weighted by molar-refractivity contribution is 8.00. The Morgan fingerprint density at radius 1 is 0.955 bits per heavy atom. The Balaban J connectivity index is 1.85. The van der Waals surface area contributed by atoms with Gasteiger partial charge in [0, 0.05) is 11.3 Å². The number of hydrogen-bond acceptors (Lipinski definition) is 3. The number of hydrogen-bond donors (Lipinski definition) is 0. The van der Waals surface area contributed by atoms with Gasteiger partial charge in [0.1, 0.15) is 0 Å². The Bertz CT molecular complexity index is 744. The van der Waals surface area contributed by atoms with E-state index in [1.807, 2.05) is 54.6 Å². The Labute approximate surface area is 133 Å². The summed E-state index contributed by atoms with van der Waals surface area (Å²) in [5, 5.41) is -0.247. The van der Waals surface area contributed by atoms with Gasteiger partial charge in [-0.25, -0.2) is 0 Å². The summed E-state index contributed by atoms with van der Waals surface area (Å²) in [6.45, 7) is 0. The molecule has 1 amide bonds. The summed E-state index contributed by atoms with van der Waals surface area (Å²) >= 11 is 1.55. The molecule has 4 heteroatoms. The predicted octanol–water partition coefficient (Wildman–Crippen LogP) is 3.60. The highest BCUT2D eigenvalue weighted by Gasteiger charge is 2.43. The van der Waals surface area contributed by atoms with Crippen molar-refractivity contribution < 1.29 is 9.59 Å². The molecule has 2 atom stereocenters. The first kappa shape index (κ1) is 13.6. The molecule has 2 unspecified atom stereocenters. The molecule has 2 aliphatic rings. The minimum Gasteiger partial charge on any atom is -0.301 e. The van der Waals surface area contributed by atoms with Gasteiger partial charge in [-0.1, -0.05) is 42.5 Å². The molecular formula is C18H15NO2S. The molecule has 2 aromatic carbocycles. The molecule has 0 spiro atoms. The number of ketones is 1. The molecule has 1 saturated heterocycles. The molecular weight excluding hydrogens is 294 g/mol. The lowest BCUT2D eigenvalue weighted by atomic mass is 10.0. The van der Waals surface area contributed by atoms with Gasteiger partial charge in [-0.15, -0.1) is 11.8 Å². The molecule has 0 N–H and O–H groups in total. The quantitative estimate of drug-likeness (QED) is 0.808. The van der Waals surface area contributed by atoms with Crippen LogP contribution < -0.4 is 4.90 Å². The average molecular weight is 309 g/mol. The van der Waals surface area contributed by atoms with Gasteiger partial charge in [0.25, 0.3) is 0 Å². The molecule has 0 saturated carbocycles. The summed E-state index contributed by atoms with van der Waals surface area (Å²) in [5.41, 5.74) is 1.89. The molecule has 0 bridgehead atoms. The van der Waals surface area contributed by atoms with E-state index >= 15 is 0 Å². The summed E-state index contributed by atoms with van der Waals surface area (Å²) in [7, 11) is 0. The van der Waals surface area contributed by atoms with E-state index in [1.54, 1.807) is 16.7 Å². The van der Waals surface area contributed by atoms with Gasteiger partial charge in [-0.05, 0) is 24.1 Å². The van der Waals surface area contributed by atoms with E-state index in [-0.39, 0.29) is 23.0 Å². The normalized spacial score (nSPS) is 23.9. The summed E-state index contributed by atoms with van der Waals surface area (Å²) in [5.74, 6) is 0.193. The number of fused-ring (bicyclic) bond motifs is 3. The molecule has 2 aromatic rings. The van der Waals surface area contributed by atoms with E-state index in [0.29, 0.717) is 12.8 Å². The molecule has 22 heavy (non-hydrogen) atoms. The fourth-order valence-electron chi connectivity index (χ4n) is 3.23. The Kier molecular flexibility index (Phi) is 3.26. The standard InChI is InChI=1S/C18H15NO2S/c20-16-11-10-14-17(21)18(12-6-2-1-3-7-12)22-15-9-5-4-8-13(15)19(14)16/h1-9,14,18H,10-11H2. The Morgan fingerprint density at radius 3 is 2.50 bits per heavy atom. The number of amides is 1. The SMILES string of the molecule is O=C1C(c2ccccc2)Sc2ccccc2N2C(=O)CCC12. The summed E-state index contributed by atoms with van der Waals surface area (Å²) in [6, 6.07) is 17.3. The molecule has 2 heterocycles. The number of para-hydroxylation sites is 1. The lowest BCUT2D eigenvalue weighted by Gasteiger charge is -2.23. The maximum Gasteiger partial charge on any atom is 0.227 e. The third-order valence-corrected chi connectivity index (χ3v) is 5.61. The smallest absolute Gasteiger partial charge is 0.227 e. The maximum atomic E-state index is 13.0. The number of Topliss-reactive ketones (excluding diaryl/α,β-unsaturated/α-hetero) is 1. The number of benzene rings is 2. The number of thioether (sulfide) groups is 1. The number of carbonyl (C=O) groups is 2. The maximum absolute atomic E-state index is 13.0. The number of rotatable bonds is 1. The van der Waals surface area contributed by atoms with Crippen molar-refractivity contribution in [2.75, 3.05) is 4.90 Å². The molecule has 0 aromatic heterocycles. The van der Waals surface area contributed by atoms with Crippen LogP contribution in [0.1, 0.15) is 23.7 Å². The van der Waals surface area contributed by atoms with Crippen molar-refractivity contribution in [1.29, 1.82) is 0 Å². The van der Waals surface area contributed by atoms with E-state index in [0.717, 1.165) is 16.1 Å². The lowest BCUT2D eigenvalue weighted by molar-refractivity contribution is -0.122.